The molecule has 5 nitrogen and oxygen atoms in total. The third-order valence-electron chi connectivity index (χ3n) is 3.34. The van der Waals surface area contributed by atoms with Crippen LogP contribution in [0.5, 0.6) is 0 Å². The number of nitriles is 1. The zero-order valence-corrected chi connectivity index (χ0v) is 11.4. The number of aromatic nitrogens is 1. The Morgan fingerprint density at radius 2 is 2.00 bits per heavy atom. The van der Waals surface area contributed by atoms with Crippen molar-refractivity contribution in [2.75, 3.05) is 5.32 Å². The maximum absolute atomic E-state index is 11.1. The number of aromatic amines is 1. The molecular formula is C16H13N3O2. The lowest BCUT2D eigenvalue weighted by Gasteiger charge is -2.15. The maximum Gasteiger partial charge on any atom is 0.417 e. The Hall–Kier alpha value is -3.00. The second-order valence-corrected chi connectivity index (χ2v) is 4.83. The highest BCUT2D eigenvalue weighted by atomic mass is 16.4. The highest BCUT2D eigenvalue weighted by Gasteiger charge is 2.07. The number of benzene rings is 2. The van der Waals surface area contributed by atoms with E-state index in [2.05, 4.69) is 16.4 Å². The quantitative estimate of drug-likeness (QED) is 0.771. The van der Waals surface area contributed by atoms with Gasteiger partial charge in [-0.2, -0.15) is 5.26 Å². The summed E-state index contributed by atoms with van der Waals surface area (Å²) < 4.78 is 4.97. The van der Waals surface area contributed by atoms with Gasteiger partial charge in [-0.15, -0.1) is 0 Å². The van der Waals surface area contributed by atoms with Crippen LogP contribution in [0.3, 0.4) is 0 Å². The van der Waals surface area contributed by atoms with Crippen molar-refractivity contribution in [2.45, 2.75) is 13.0 Å². The first-order chi connectivity index (χ1) is 10.2. The summed E-state index contributed by atoms with van der Waals surface area (Å²) in [6.07, 6.45) is 0. The molecule has 0 fully saturated rings. The lowest BCUT2D eigenvalue weighted by atomic mass is 10.1. The molecule has 2 aromatic carbocycles. The van der Waals surface area contributed by atoms with E-state index >= 15 is 0 Å². The van der Waals surface area contributed by atoms with Gasteiger partial charge in [-0.3, -0.25) is 4.98 Å². The monoisotopic (exact) mass is 279 g/mol. The first-order valence-electron chi connectivity index (χ1n) is 6.55. The second-order valence-electron chi connectivity index (χ2n) is 4.83. The van der Waals surface area contributed by atoms with Crippen LogP contribution in [0.25, 0.3) is 11.1 Å². The third-order valence-corrected chi connectivity index (χ3v) is 3.34. The zero-order valence-electron chi connectivity index (χ0n) is 11.4. The molecule has 0 aliphatic heterocycles. The summed E-state index contributed by atoms with van der Waals surface area (Å²) in [5.74, 6) is -0.456. The molecule has 21 heavy (non-hydrogen) atoms. The largest absolute Gasteiger partial charge is 0.417 e. The molecule has 0 bridgehead atoms. The van der Waals surface area contributed by atoms with Gasteiger partial charge in [0.15, 0.2) is 5.58 Å². The zero-order chi connectivity index (χ0) is 14.8. The van der Waals surface area contributed by atoms with Gasteiger partial charge in [0.05, 0.1) is 17.1 Å². The van der Waals surface area contributed by atoms with E-state index < -0.39 is 5.76 Å². The molecule has 2 N–H and O–H groups in total. The van der Waals surface area contributed by atoms with E-state index in [1.54, 1.807) is 18.2 Å². The molecule has 104 valence electrons. The van der Waals surface area contributed by atoms with E-state index in [0.717, 1.165) is 11.3 Å². The van der Waals surface area contributed by atoms with Crippen LogP contribution in [0, 0.1) is 11.3 Å². The summed E-state index contributed by atoms with van der Waals surface area (Å²) in [6, 6.07) is 15.1. The number of hydrogen-bond donors (Lipinski definition) is 2. The fourth-order valence-electron chi connectivity index (χ4n) is 2.22. The number of rotatable bonds is 3. The molecule has 0 aliphatic rings. The van der Waals surface area contributed by atoms with Gasteiger partial charge in [0, 0.05) is 11.7 Å². The van der Waals surface area contributed by atoms with Gasteiger partial charge < -0.3 is 9.73 Å². The average Bonchev–Trinajstić information content (AvgIpc) is 2.86. The number of oxazole rings is 1. The number of fused-ring (bicyclic) bond motifs is 1. The SMILES string of the molecule is CC(Nc1ccc2oc(=O)[nH]c2c1)c1ccc(C#N)cc1. The number of nitrogens with zero attached hydrogens (tertiary/aromatic N) is 1. The fraction of sp³-hybridized carbons (Fsp3) is 0.125. The van der Waals surface area contributed by atoms with Gasteiger partial charge in [-0.25, -0.2) is 4.79 Å². The number of anilines is 1. The summed E-state index contributed by atoms with van der Waals surface area (Å²) in [7, 11) is 0. The van der Waals surface area contributed by atoms with Crippen molar-refractivity contribution >= 4 is 16.8 Å². The van der Waals surface area contributed by atoms with E-state index in [1.807, 2.05) is 31.2 Å². The maximum atomic E-state index is 11.1. The van der Waals surface area contributed by atoms with Crippen molar-refractivity contribution < 1.29 is 4.42 Å². The van der Waals surface area contributed by atoms with Crippen molar-refractivity contribution in [3.63, 3.8) is 0 Å². The van der Waals surface area contributed by atoms with E-state index in [9.17, 15) is 4.79 Å². The third kappa shape index (κ3) is 2.65. The highest BCUT2D eigenvalue weighted by molar-refractivity contribution is 5.76. The molecule has 1 unspecified atom stereocenters. The van der Waals surface area contributed by atoms with Crippen molar-refractivity contribution in [1.29, 1.82) is 5.26 Å². The highest BCUT2D eigenvalue weighted by Crippen LogP contribution is 2.22. The lowest BCUT2D eigenvalue weighted by Crippen LogP contribution is -2.06. The van der Waals surface area contributed by atoms with Crippen molar-refractivity contribution in [3.8, 4) is 6.07 Å². The predicted octanol–water partition coefficient (Wildman–Crippen LogP) is 3.17. The van der Waals surface area contributed by atoms with Crippen LogP contribution in [0.2, 0.25) is 0 Å². The lowest BCUT2D eigenvalue weighted by molar-refractivity contribution is 0.555. The van der Waals surface area contributed by atoms with E-state index in [0.29, 0.717) is 16.7 Å². The minimum absolute atomic E-state index is 0.0776. The van der Waals surface area contributed by atoms with Crippen LogP contribution in [0.4, 0.5) is 5.69 Å². The minimum Gasteiger partial charge on any atom is -0.408 e. The summed E-state index contributed by atoms with van der Waals surface area (Å²) in [5.41, 5.74) is 3.81. The number of nitrogens with one attached hydrogen (secondary N) is 2. The number of H-pyrrole nitrogens is 1. The molecule has 0 amide bonds. The molecular weight excluding hydrogens is 266 g/mol. The standard InChI is InChI=1S/C16H13N3O2/c1-10(12-4-2-11(9-17)3-5-12)18-13-6-7-15-14(8-13)19-16(20)21-15/h2-8,10,18H,1H3,(H,19,20). The fourth-order valence-corrected chi connectivity index (χ4v) is 2.22. The first-order valence-corrected chi connectivity index (χ1v) is 6.55. The Kier molecular flexibility index (Phi) is 3.20. The summed E-state index contributed by atoms with van der Waals surface area (Å²) in [5, 5.41) is 12.2. The van der Waals surface area contributed by atoms with Crippen molar-refractivity contribution in [2.24, 2.45) is 0 Å². The van der Waals surface area contributed by atoms with Crippen LogP contribution in [-0.4, -0.2) is 4.98 Å². The van der Waals surface area contributed by atoms with Gasteiger partial charge in [-0.05, 0) is 42.8 Å². The Morgan fingerprint density at radius 3 is 2.71 bits per heavy atom. The van der Waals surface area contributed by atoms with Crippen LogP contribution < -0.4 is 11.1 Å². The first kappa shape index (κ1) is 13.0. The molecule has 0 saturated heterocycles. The van der Waals surface area contributed by atoms with Gasteiger partial charge in [-0.1, -0.05) is 12.1 Å². The van der Waals surface area contributed by atoms with Gasteiger partial charge >= 0.3 is 5.76 Å². The van der Waals surface area contributed by atoms with Crippen molar-refractivity contribution in [3.05, 3.63) is 64.1 Å². The molecule has 1 aromatic heterocycles. The summed E-state index contributed by atoms with van der Waals surface area (Å²) in [6.45, 7) is 2.03. The molecule has 1 atom stereocenters. The second kappa shape index (κ2) is 5.17. The van der Waals surface area contributed by atoms with Gasteiger partial charge in [0.2, 0.25) is 0 Å². The molecule has 0 aliphatic carbocycles. The Bertz CT molecular complexity index is 869. The molecule has 5 heteroatoms. The van der Waals surface area contributed by atoms with Crippen LogP contribution in [-0.2, 0) is 0 Å². The normalized spacial score (nSPS) is 12.0. The van der Waals surface area contributed by atoms with E-state index in [1.165, 1.54) is 0 Å². The summed E-state index contributed by atoms with van der Waals surface area (Å²) in [4.78, 5) is 13.8. The Morgan fingerprint density at radius 1 is 1.24 bits per heavy atom. The van der Waals surface area contributed by atoms with E-state index in [-0.39, 0.29) is 6.04 Å². The molecule has 0 spiro atoms. The summed E-state index contributed by atoms with van der Waals surface area (Å²) >= 11 is 0. The molecule has 0 saturated carbocycles. The average molecular weight is 279 g/mol. The molecule has 0 radical (unpaired) electrons. The van der Waals surface area contributed by atoms with Gasteiger partial charge in [0.25, 0.3) is 0 Å². The molecule has 3 aromatic rings. The Balaban J connectivity index is 1.83. The minimum atomic E-state index is -0.456. The van der Waals surface area contributed by atoms with Gasteiger partial charge in [0.1, 0.15) is 0 Å². The Labute approximate surface area is 120 Å². The van der Waals surface area contributed by atoms with Crippen LogP contribution in [0.15, 0.2) is 51.7 Å². The topological polar surface area (TPSA) is 81.8 Å². The van der Waals surface area contributed by atoms with Crippen molar-refractivity contribution in [1.82, 2.24) is 4.98 Å². The smallest absolute Gasteiger partial charge is 0.408 e. The molecule has 1 heterocycles. The van der Waals surface area contributed by atoms with Crippen LogP contribution in [0.1, 0.15) is 24.1 Å². The predicted molar refractivity (Wildman–Crippen MR) is 80.0 cm³/mol. The number of hydrogen-bond acceptors (Lipinski definition) is 4. The molecule has 3 rings (SSSR count). The van der Waals surface area contributed by atoms with E-state index in [4.69, 9.17) is 9.68 Å². The van der Waals surface area contributed by atoms with Crippen LogP contribution >= 0.6 is 0 Å².